The van der Waals surface area contributed by atoms with Gasteiger partial charge in [-0.25, -0.2) is 0 Å². The van der Waals surface area contributed by atoms with E-state index in [9.17, 15) is 22.8 Å². The number of hydrogen-bond acceptors (Lipinski definition) is 3. The molecule has 0 aromatic rings. The van der Waals surface area contributed by atoms with Crippen molar-refractivity contribution in [3.05, 3.63) is 0 Å². The Morgan fingerprint density at radius 1 is 1.45 bits per heavy atom. The van der Waals surface area contributed by atoms with Crippen LogP contribution in [0.1, 0.15) is 20.3 Å². The second-order valence-electron chi connectivity index (χ2n) is 4.80. The van der Waals surface area contributed by atoms with Gasteiger partial charge >= 0.3 is 6.18 Å². The first-order chi connectivity index (χ1) is 9.26. The molecule has 0 saturated carbocycles. The van der Waals surface area contributed by atoms with Gasteiger partial charge in [-0.2, -0.15) is 13.2 Å². The van der Waals surface area contributed by atoms with Crippen LogP contribution in [0.3, 0.4) is 0 Å². The van der Waals surface area contributed by atoms with Gasteiger partial charge in [0, 0.05) is 6.54 Å². The molecule has 5 nitrogen and oxygen atoms in total. The summed E-state index contributed by atoms with van der Waals surface area (Å²) in [5.41, 5.74) is 0. The molecule has 0 spiro atoms. The molecule has 0 bridgehead atoms. The van der Waals surface area contributed by atoms with Crippen LogP contribution in [-0.4, -0.2) is 55.2 Å². The molecule has 0 radical (unpaired) electrons. The van der Waals surface area contributed by atoms with Gasteiger partial charge in [0.2, 0.25) is 11.8 Å². The Bertz CT molecular complexity index is 360. The zero-order valence-electron chi connectivity index (χ0n) is 11.5. The van der Waals surface area contributed by atoms with Crippen molar-refractivity contribution in [3.63, 3.8) is 0 Å². The molecule has 1 fully saturated rings. The van der Waals surface area contributed by atoms with Crippen LogP contribution < -0.4 is 5.32 Å². The van der Waals surface area contributed by atoms with Gasteiger partial charge in [0.1, 0.15) is 12.6 Å². The third-order valence-electron chi connectivity index (χ3n) is 3.26. The molecular formula is C12H19F3N2O3. The molecule has 116 valence electrons. The molecule has 2 unspecified atom stereocenters. The summed E-state index contributed by atoms with van der Waals surface area (Å²) < 4.78 is 40.3. The number of hydrogen-bond donors (Lipinski definition) is 1. The van der Waals surface area contributed by atoms with E-state index in [-0.39, 0.29) is 37.4 Å². The number of piperazine rings is 1. The average molecular weight is 296 g/mol. The van der Waals surface area contributed by atoms with E-state index in [2.05, 4.69) is 10.1 Å². The Labute approximate surface area is 115 Å². The third kappa shape index (κ3) is 4.66. The predicted molar refractivity (Wildman–Crippen MR) is 64.8 cm³/mol. The molecule has 2 atom stereocenters. The maximum atomic E-state index is 11.9. The molecule has 20 heavy (non-hydrogen) atoms. The largest absolute Gasteiger partial charge is 0.411 e. The van der Waals surface area contributed by atoms with E-state index in [0.29, 0.717) is 6.42 Å². The minimum absolute atomic E-state index is 0.0165. The minimum atomic E-state index is -4.39. The molecule has 1 heterocycles. The topological polar surface area (TPSA) is 58.6 Å². The van der Waals surface area contributed by atoms with Gasteiger partial charge < -0.3 is 15.0 Å². The van der Waals surface area contributed by atoms with Crippen molar-refractivity contribution in [1.82, 2.24) is 10.2 Å². The summed E-state index contributed by atoms with van der Waals surface area (Å²) in [5, 5.41) is 2.49. The maximum Gasteiger partial charge on any atom is 0.411 e. The standard InChI is InChI=1S/C12H19F3N2O3/c1-3-8(2)10-11(19)16-6-9(18)17(10)4-5-20-7-12(13,14)15/h8,10H,3-7H2,1-2H3,(H,16,19). The third-order valence-corrected chi connectivity index (χ3v) is 3.26. The van der Waals surface area contributed by atoms with Crippen LogP contribution >= 0.6 is 0 Å². The number of carbonyl (C=O) groups is 2. The van der Waals surface area contributed by atoms with Crippen molar-refractivity contribution in [2.24, 2.45) is 5.92 Å². The lowest BCUT2D eigenvalue weighted by molar-refractivity contribution is -0.176. The second-order valence-corrected chi connectivity index (χ2v) is 4.80. The quantitative estimate of drug-likeness (QED) is 0.742. The summed E-state index contributed by atoms with van der Waals surface area (Å²) in [6, 6.07) is -0.643. The van der Waals surface area contributed by atoms with Crippen molar-refractivity contribution in [1.29, 1.82) is 0 Å². The molecule has 1 saturated heterocycles. The molecule has 0 aromatic heterocycles. The van der Waals surface area contributed by atoms with Crippen LogP contribution in [0.15, 0.2) is 0 Å². The average Bonchev–Trinajstić information content (AvgIpc) is 2.36. The number of alkyl halides is 3. The van der Waals surface area contributed by atoms with Gasteiger partial charge in [0.05, 0.1) is 13.2 Å². The Morgan fingerprint density at radius 3 is 2.65 bits per heavy atom. The molecular weight excluding hydrogens is 277 g/mol. The van der Waals surface area contributed by atoms with E-state index in [0.717, 1.165) is 0 Å². The predicted octanol–water partition coefficient (Wildman–Crippen LogP) is 0.938. The Morgan fingerprint density at radius 2 is 2.10 bits per heavy atom. The summed E-state index contributed by atoms with van der Waals surface area (Å²) in [6.07, 6.45) is -3.70. The summed E-state index contributed by atoms with van der Waals surface area (Å²) in [5.74, 6) is -0.637. The SMILES string of the molecule is CCC(C)C1C(=O)NCC(=O)N1CCOCC(F)(F)F. The van der Waals surface area contributed by atoms with Gasteiger partial charge in [0.15, 0.2) is 0 Å². The molecule has 1 aliphatic rings. The Kier molecular flexibility index (Phi) is 5.79. The van der Waals surface area contributed by atoms with Crippen molar-refractivity contribution in [2.75, 3.05) is 26.3 Å². The van der Waals surface area contributed by atoms with E-state index in [4.69, 9.17) is 0 Å². The normalized spacial score (nSPS) is 21.9. The zero-order chi connectivity index (χ0) is 15.3. The smallest absolute Gasteiger partial charge is 0.370 e. The summed E-state index contributed by atoms with van der Waals surface area (Å²) in [6.45, 7) is 1.98. The van der Waals surface area contributed by atoms with Gasteiger partial charge in [-0.3, -0.25) is 9.59 Å². The lowest BCUT2D eigenvalue weighted by Gasteiger charge is -2.37. The number of halogens is 3. The van der Waals surface area contributed by atoms with Crippen LogP contribution in [0.2, 0.25) is 0 Å². The number of carbonyl (C=O) groups excluding carboxylic acids is 2. The molecule has 1 aliphatic heterocycles. The highest BCUT2D eigenvalue weighted by Gasteiger charge is 2.37. The fourth-order valence-electron chi connectivity index (χ4n) is 2.07. The number of ether oxygens (including phenoxy) is 1. The molecule has 1 rings (SSSR count). The summed E-state index contributed by atoms with van der Waals surface area (Å²) in [4.78, 5) is 24.9. The van der Waals surface area contributed by atoms with Gasteiger partial charge in [-0.05, 0) is 5.92 Å². The van der Waals surface area contributed by atoms with Crippen LogP contribution in [0.5, 0.6) is 0 Å². The second kappa shape index (κ2) is 6.92. The molecule has 2 amide bonds. The fraction of sp³-hybridized carbons (Fsp3) is 0.833. The maximum absolute atomic E-state index is 11.9. The fourth-order valence-corrected chi connectivity index (χ4v) is 2.07. The lowest BCUT2D eigenvalue weighted by atomic mass is 9.95. The van der Waals surface area contributed by atoms with E-state index in [1.54, 1.807) is 0 Å². The summed E-state index contributed by atoms with van der Waals surface area (Å²) in [7, 11) is 0. The molecule has 1 N–H and O–H groups in total. The van der Waals surface area contributed by atoms with Crippen molar-refractivity contribution in [2.45, 2.75) is 32.5 Å². The van der Waals surface area contributed by atoms with Crippen LogP contribution in [0.4, 0.5) is 13.2 Å². The van der Waals surface area contributed by atoms with Crippen LogP contribution in [-0.2, 0) is 14.3 Å². The van der Waals surface area contributed by atoms with Crippen LogP contribution in [0.25, 0.3) is 0 Å². The van der Waals surface area contributed by atoms with Gasteiger partial charge in [-0.1, -0.05) is 20.3 Å². The number of amides is 2. The van der Waals surface area contributed by atoms with E-state index in [1.807, 2.05) is 13.8 Å². The molecule has 0 aromatic carbocycles. The van der Waals surface area contributed by atoms with E-state index >= 15 is 0 Å². The zero-order valence-corrected chi connectivity index (χ0v) is 11.5. The first-order valence-electron chi connectivity index (χ1n) is 6.48. The molecule has 0 aliphatic carbocycles. The van der Waals surface area contributed by atoms with Crippen molar-refractivity contribution >= 4 is 11.8 Å². The minimum Gasteiger partial charge on any atom is -0.370 e. The van der Waals surface area contributed by atoms with Gasteiger partial charge in [0.25, 0.3) is 0 Å². The summed E-state index contributed by atoms with van der Waals surface area (Å²) >= 11 is 0. The monoisotopic (exact) mass is 296 g/mol. The van der Waals surface area contributed by atoms with Crippen molar-refractivity contribution < 1.29 is 27.5 Å². The Hall–Kier alpha value is -1.31. The first kappa shape index (κ1) is 16.7. The van der Waals surface area contributed by atoms with E-state index in [1.165, 1.54) is 4.90 Å². The number of rotatable bonds is 6. The van der Waals surface area contributed by atoms with Crippen LogP contribution in [0, 0.1) is 5.92 Å². The lowest BCUT2D eigenvalue weighted by Crippen LogP contribution is -2.61. The first-order valence-corrected chi connectivity index (χ1v) is 6.48. The molecule has 8 heteroatoms. The highest BCUT2D eigenvalue weighted by Crippen LogP contribution is 2.18. The number of nitrogens with one attached hydrogen (secondary N) is 1. The highest BCUT2D eigenvalue weighted by molar-refractivity contribution is 5.95. The van der Waals surface area contributed by atoms with Crippen molar-refractivity contribution in [3.8, 4) is 0 Å². The number of nitrogens with zero attached hydrogens (tertiary/aromatic N) is 1. The van der Waals surface area contributed by atoms with Gasteiger partial charge in [-0.15, -0.1) is 0 Å². The highest BCUT2D eigenvalue weighted by atomic mass is 19.4. The van der Waals surface area contributed by atoms with E-state index < -0.39 is 18.8 Å². The Balaban J connectivity index is 2.58.